The van der Waals surface area contributed by atoms with E-state index in [1.165, 1.54) is 17.4 Å². The minimum absolute atomic E-state index is 0.0250. The van der Waals surface area contributed by atoms with Crippen LogP contribution in [0.15, 0.2) is 47.8 Å². The summed E-state index contributed by atoms with van der Waals surface area (Å²) in [5, 5.41) is 23.6. The maximum Gasteiger partial charge on any atom is 0.272 e. The van der Waals surface area contributed by atoms with Gasteiger partial charge >= 0.3 is 0 Å². The Morgan fingerprint density at radius 3 is 2.69 bits per heavy atom. The van der Waals surface area contributed by atoms with Crippen LogP contribution in [0.2, 0.25) is 5.02 Å². The molecule has 0 amide bonds. The largest absolute Gasteiger partial charge is 0.272 e. The van der Waals surface area contributed by atoms with E-state index in [4.69, 9.17) is 11.6 Å². The van der Waals surface area contributed by atoms with Crippen LogP contribution in [-0.4, -0.2) is 9.91 Å². The molecule has 0 fully saturated rings. The Bertz CT molecular complexity index is 1050. The van der Waals surface area contributed by atoms with Crippen molar-refractivity contribution in [3.05, 3.63) is 79.1 Å². The average Bonchev–Trinajstić information content (AvgIpc) is 3.11. The lowest BCUT2D eigenvalue weighted by atomic mass is 10.1. The summed E-state index contributed by atoms with van der Waals surface area (Å²) in [7, 11) is 0. The molecule has 0 atom stereocenters. The third-order valence-corrected chi connectivity index (χ3v) is 4.86. The molecule has 0 radical (unpaired) electrons. The van der Waals surface area contributed by atoms with Crippen molar-refractivity contribution in [3.63, 3.8) is 0 Å². The van der Waals surface area contributed by atoms with Gasteiger partial charge in [0.2, 0.25) is 0 Å². The van der Waals surface area contributed by atoms with Crippen LogP contribution in [0.4, 0.5) is 5.69 Å². The number of hydrogen-bond donors (Lipinski definition) is 0. The Balaban J connectivity index is 1.96. The number of nitriles is 1. The third kappa shape index (κ3) is 3.80. The van der Waals surface area contributed by atoms with Crippen LogP contribution in [0.5, 0.6) is 0 Å². The second kappa shape index (κ2) is 7.48. The zero-order chi connectivity index (χ0) is 18.7. The number of aromatic nitrogens is 1. The van der Waals surface area contributed by atoms with Crippen molar-refractivity contribution >= 4 is 40.3 Å². The molecule has 5 nitrogen and oxygen atoms in total. The molecule has 0 saturated heterocycles. The van der Waals surface area contributed by atoms with Crippen molar-refractivity contribution in [3.8, 4) is 17.3 Å². The SMILES string of the molecule is Cc1ccc(/C=C(\C#N)c2nc(-c3ccc(Cl)cc3)cs2)cc1[N+](=O)[O-]. The van der Waals surface area contributed by atoms with E-state index < -0.39 is 4.92 Å². The molecule has 26 heavy (non-hydrogen) atoms. The molecule has 0 spiro atoms. The highest BCUT2D eigenvalue weighted by molar-refractivity contribution is 7.11. The number of nitro groups is 1. The van der Waals surface area contributed by atoms with Gasteiger partial charge in [-0.1, -0.05) is 35.9 Å². The summed E-state index contributed by atoms with van der Waals surface area (Å²) in [5.41, 5.74) is 3.19. The maximum atomic E-state index is 11.1. The standard InChI is InChI=1S/C19H12ClN3O2S/c1-12-2-3-13(9-18(12)23(24)25)8-15(10-21)19-22-17(11-26-19)14-4-6-16(20)7-5-14/h2-9,11H,1H3/b15-8+. The van der Waals surface area contributed by atoms with Gasteiger partial charge < -0.3 is 0 Å². The first-order valence-corrected chi connectivity index (χ1v) is 8.82. The number of halogens is 1. The van der Waals surface area contributed by atoms with Crippen LogP contribution in [0.1, 0.15) is 16.1 Å². The predicted molar refractivity (Wildman–Crippen MR) is 104 cm³/mol. The summed E-state index contributed by atoms with van der Waals surface area (Å²) < 4.78 is 0. The van der Waals surface area contributed by atoms with Crippen molar-refractivity contribution in [2.75, 3.05) is 0 Å². The minimum atomic E-state index is -0.430. The van der Waals surface area contributed by atoms with Crippen LogP contribution in [0, 0.1) is 28.4 Å². The fraction of sp³-hybridized carbons (Fsp3) is 0.0526. The van der Waals surface area contributed by atoms with Crippen LogP contribution in [-0.2, 0) is 0 Å². The highest BCUT2D eigenvalue weighted by Gasteiger charge is 2.13. The Morgan fingerprint density at radius 2 is 2.04 bits per heavy atom. The number of nitro benzene ring substituents is 1. The molecule has 0 bridgehead atoms. The molecule has 2 aromatic carbocycles. The molecule has 7 heteroatoms. The van der Waals surface area contributed by atoms with Crippen LogP contribution in [0.3, 0.4) is 0 Å². The minimum Gasteiger partial charge on any atom is -0.258 e. The molecule has 0 unspecified atom stereocenters. The third-order valence-electron chi connectivity index (χ3n) is 3.74. The molecule has 0 aliphatic rings. The van der Waals surface area contributed by atoms with E-state index in [-0.39, 0.29) is 5.69 Å². The number of benzene rings is 2. The van der Waals surface area contributed by atoms with Gasteiger partial charge in [-0.05, 0) is 30.7 Å². The topological polar surface area (TPSA) is 79.8 Å². The maximum absolute atomic E-state index is 11.1. The van der Waals surface area contributed by atoms with Gasteiger partial charge in [0.05, 0.1) is 16.2 Å². The van der Waals surface area contributed by atoms with Gasteiger partial charge in [0.1, 0.15) is 11.1 Å². The molecular weight excluding hydrogens is 370 g/mol. The first-order valence-electron chi connectivity index (χ1n) is 7.56. The van der Waals surface area contributed by atoms with Crippen molar-refractivity contribution in [1.29, 1.82) is 5.26 Å². The second-order valence-electron chi connectivity index (χ2n) is 5.52. The smallest absolute Gasteiger partial charge is 0.258 e. The monoisotopic (exact) mass is 381 g/mol. The quantitative estimate of drug-likeness (QED) is 0.327. The summed E-state index contributed by atoms with van der Waals surface area (Å²) in [6, 6.07) is 14.3. The first kappa shape index (κ1) is 17.8. The molecular formula is C19H12ClN3O2S. The summed E-state index contributed by atoms with van der Waals surface area (Å²) in [6.45, 7) is 1.68. The highest BCUT2D eigenvalue weighted by Crippen LogP contribution is 2.29. The van der Waals surface area contributed by atoms with Crippen LogP contribution in [0.25, 0.3) is 22.9 Å². The first-order chi connectivity index (χ1) is 12.5. The number of rotatable bonds is 4. The van der Waals surface area contributed by atoms with Crippen LogP contribution < -0.4 is 0 Å². The summed E-state index contributed by atoms with van der Waals surface area (Å²) in [6.07, 6.45) is 1.61. The van der Waals surface area contributed by atoms with Gasteiger partial charge in [-0.2, -0.15) is 5.26 Å². The van der Waals surface area contributed by atoms with Crippen molar-refractivity contribution in [2.24, 2.45) is 0 Å². The molecule has 0 aliphatic carbocycles. The van der Waals surface area contributed by atoms with E-state index in [0.717, 1.165) is 11.3 Å². The van der Waals surface area contributed by atoms with Gasteiger partial charge in [0.15, 0.2) is 0 Å². The Hall–Kier alpha value is -3.01. The van der Waals surface area contributed by atoms with E-state index in [1.807, 2.05) is 17.5 Å². The van der Waals surface area contributed by atoms with Crippen molar-refractivity contribution in [2.45, 2.75) is 6.92 Å². The van der Waals surface area contributed by atoms with E-state index in [1.54, 1.807) is 37.3 Å². The van der Waals surface area contributed by atoms with E-state index in [2.05, 4.69) is 11.1 Å². The summed E-state index contributed by atoms with van der Waals surface area (Å²) in [5.74, 6) is 0. The fourth-order valence-electron chi connectivity index (χ4n) is 2.37. The number of hydrogen-bond acceptors (Lipinski definition) is 5. The molecule has 1 aromatic heterocycles. The molecule has 128 valence electrons. The Kier molecular flexibility index (Phi) is 5.12. The van der Waals surface area contributed by atoms with Gasteiger partial charge in [0.25, 0.3) is 5.69 Å². The molecule has 3 aromatic rings. The normalized spacial score (nSPS) is 11.2. The number of aryl methyl sites for hydroxylation is 1. The van der Waals surface area contributed by atoms with Crippen LogP contribution >= 0.6 is 22.9 Å². The van der Waals surface area contributed by atoms with Gasteiger partial charge in [-0.15, -0.1) is 11.3 Å². The van der Waals surface area contributed by atoms with E-state index >= 15 is 0 Å². The summed E-state index contributed by atoms with van der Waals surface area (Å²) in [4.78, 5) is 15.2. The van der Waals surface area contributed by atoms with Crippen molar-refractivity contribution in [1.82, 2.24) is 4.98 Å². The van der Waals surface area contributed by atoms with Gasteiger partial charge in [0, 0.05) is 27.6 Å². The predicted octanol–water partition coefficient (Wildman–Crippen LogP) is 5.74. The zero-order valence-electron chi connectivity index (χ0n) is 13.6. The highest BCUT2D eigenvalue weighted by atomic mass is 35.5. The fourth-order valence-corrected chi connectivity index (χ4v) is 3.29. The van der Waals surface area contributed by atoms with Gasteiger partial charge in [-0.25, -0.2) is 4.98 Å². The van der Waals surface area contributed by atoms with Gasteiger partial charge in [-0.3, -0.25) is 10.1 Å². The second-order valence-corrected chi connectivity index (χ2v) is 6.81. The zero-order valence-corrected chi connectivity index (χ0v) is 15.2. The number of thiazole rings is 1. The van der Waals surface area contributed by atoms with E-state index in [9.17, 15) is 15.4 Å². The average molecular weight is 382 g/mol. The Morgan fingerprint density at radius 1 is 1.31 bits per heavy atom. The lowest BCUT2D eigenvalue weighted by molar-refractivity contribution is -0.385. The number of nitrogens with zero attached hydrogens (tertiary/aromatic N) is 3. The molecule has 0 saturated carbocycles. The Labute approximate surface area is 159 Å². The molecule has 1 heterocycles. The summed E-state index contributed by atoms with van der Waals surface area (Å²) >= 11 is 7.24. The lowest BCUT2D eigenvalue weighted by Gasteiger charge is -2.00. The lowest BCUT2D eigenvalue weighted by Crippen LogP contribution is -1.92. The number of allylic oxidation sites excluding steroid dienone is 1. The molecule has 0 aliphatic heterocycles. The molecule has 0 N–H and O–H groups in total. The molecule has 3 rings (SSSR count). The van der Waals surface area contributed by atoms with Crippen molar-refractivity contribution < 1.29 is 4.92 Å². The van der Waals surface area contributed by atoms with E-state index in [0.29, 0.717) is 26.7 Å².